The highest BCUT2D eigenvalue weighted by Crippen LogP contribution is 2.37. The SMILES string of the molecule is CC(C)(C)OC(=O)Nc1ccc2c(c1)[C@H](NC(=O)Nc1cccc(C#N)c1)CCS2. The van der Waals surface area contributed by atoms with E-state index in [0.29, 0.717) is 16.9 Å². The number of benzene rings is 2. The highest BCUT2D eigenvalue weighted by Gasteiger charge is 2.24. The maximum Gasteiger partial charge on any atom is 0.412 e. The Balaban J connectivity index is 1.70. The minimum atomic E-state index is -0.584. The summed E-state index contributed by atoms with van der Waals surface area (Å²) in [6.45, 7) is 5.42. The maximum atomic E-state index is 12.5. The summed E-state index contributed by atoms with van der Waals surface area (Å²) in [7, 11) is 0. The van der Waals surface area contributed by atoms with Crippen LogP contribution in [0, 0.1) is 11.3 Å². The van der Waals surface area contributed by atoms with Crippen molar-refractivity contribution in [3.8, 4) is 6.07 Å². The van der Waals surface area contributed by atoms with E-state index >= 15 is 0 Å². The predicted octanol–water partition coefficient (Wildman–Crippen LogP) is 5.26. The molecule has 2 aromatic carbocycles. The molecule has 2 aromatic rings. The third-order valence-electron chi connectivity index (χ3n) is 4.25. The van der Waals surface area contributed by atoms with Gasteiger partial charge in [-0.25, -0.2) is 9.59 Å². The zero-order valence-electron chi connectivity index (χ0n) is 17.1. The summed E-state index contributed by atoms with van der Waals surface area (Å²) >= 11 is 1.71. The number of amides is 3. The van der Waals surface area contributed by atoms with Crippen LogP contribution in [-0.2, 0) is 4.74 Å². The van der Waals surface area contributed by atoms with Gasteiger partial charge in [-0.2, -0.15) is 5.26 Å². The van der Waals surface area contributed by atoms with Crippen LogP contribution in [0.1, 0.15) is 44.4 Å². The number of carbonyl (C=O) groups excluding carboxylic acids is 2. The van der Waals surface area contributed by atoms with Gasteiger partial charge in [0, 0.05) is 22.0 Å². The average molecular weight is 425 g/mol. The van der Waals surface area contributed by atoms with Crippen molar-refractivity contribution in [3.05, 3.63) is 53.6 Å². The molecule has 0 aromatic heterocycles. The zero-order valence-corrected chi connectivity index (χ0v) is 17.9. The van der Waals surface area contributed by atoms with Crippen molar-refractivity contribution in [2.45, 2.75) is 43.7 Å². The van der Waals surface area contributed by atoms with Crippen LogP contribution in [0.5, 0.6) is 0 Å². The van der Waals surface area contributed by atoms with E-state index in [1.807, 2.05) is 18.2 Å². The second-order valence-electron chi connectivity index (χ2n) is 7.86. The number of urea groups is 1. The van der Waals surface area contributed by atoms with E-state index in [0.717, 1.165) is 22.6 Å². The van der Waals surface area contributed by atoms with Crippen molar-refractivity contribution < 1.29 is 14.3 Å². The number of anilines is 2. The molecule has 3 rings (SSSR count). The van der Waals surface area contributed by atoms with E-state index in [-0.39, 0.29) is 12.1 Å². The number of ether oxygens (including phenoxy) is 1. The van der Waals surface area contributed by atoms with Gasteiger partial charge in [-0.1, -0.05) is 6.07 Å². The van der Waals surface area contributed by atoms with Gasteiger partial charge in [0.1, 0.15) is 5.60 Å². The monoisotopic (exact) mass is 424 g/mol. The van der Waals surface area contributed by atoms with Gasteiger partial charge in [0.05, 0.1) is 17.7 Å². The molecular formula is C22H24N4O3S. The Bertz CT molecular complexity index is 995. The zero-order chi connectivity index (χ0) is 21.7. The molecule has 0 radical (unpaired) electrons. The van der Waals surface area contributed by atoms with Crippen molar-refractivity contribution in [1.82, 2.24) is 5.32 Å². The number of nitrogens with zero attached hydrogens (tertiary/aromatic N) is 1. The number of nitriles is 1. The van der Waals surface area contributed by atoms with Crippen LogP contribution in [0.4, 0.5) is 21.0 Å². The number of rotatable bonds is 3. The lowest BCUT2D eigenvalue weighted by atomic mass is 10.0. The van der Waals surface area contributed by atoms with Gasteiger partial charge >= 0.3 is 12.1 Å². The number of hydrogen-bond acceptors (Lipinski definition) is 5. The lowest BCUT2D eigenvalue weighted by Crippen LogP contribution is -2.34. The molecule has 0 unspecified atom stereocenters. The fourth-order valence-corrected chi connectivity index (χ4v) is 4.14. The van der Waals surface area contributed by atoms with Crippen LogP contribution in [0.25, 0.3) is 0 Å². The number of nitrogens with one attached hydrogen (secondary N) is 3. The van der Waals surface area contributed by atoms with Crippen LogP contribution < -0.4 is 16.0 Å². The molecular weight excluding hydrogens is 400 g/mol. The molecule has 0 saturated carbocycles. The first-order valence-corrected chi connectivity index (χ1v) is 10.6. The Morgan fingerprint density at radius 1 is 1.13 bits per heavy atom. The number of fused-ring (bicyclic) bond motifs is 1. The highest BCUT2D eigenvalue weighted by atomic mass is 32.2. The van der Waals surface area contributed by atoms with Crippen LogP contribution in [0.2, 0.25) is 0 Å². The molecule has 0 aliphatic carbocycles. The average Bonchev–Trinajstić information content (AvgIpc) is 2.67. The topological polar surface area (TPSA) is 103 Å². The molecule has 0 fully saturated rings. The standard InChI is InChI=1S/C22H24N4O3S/c1-22(2,3)29-21(28)25-16-7-8-19-17(12-16)18(9-10-30-19)26-20(27)24-15-6-4-5-14(11-15)13-23/h4-8,11-12,18H,9-10H2,1-3H3,(H,25,28)(H2,24,26,27)/t18-/m1/s1. The quantitative estimate of drug-likeness (QED) is 0.623. The Morgan fingerprint density at radius 3 is 2.63 bits per heavy atom. The summed E-state index contributed by atoms with van der Waals surface area (Å²) in [5.41, 5.74) is 2.00. The normalized spacial score (nSPS) is 15.3. The molecule has 3 N–H and O–H groups in total. The molecule has 8 heteroatoms. The fraction of sp³-hybridized carbons (Fsp3) is 0.318. The number of thioether (sulfide) groups is 1. The van der Waals surface area contributed by atoms with Gasteiger partial charge in [-0.05, 0) is 69.2 Å². The summed E-state index contributed by atoms with van der Waals surface area (Å²) in [4.78, 5) is 25.6. The summed E-state index contributed by atoms with van der Waals surface area (Å²) in [6, 6.07) is 13.9. The number of carbonyl (C=O) groups is 2. The highest BCUT2D eigenvalue weighted by molar-refractivity contribution is 7.99. The van der Waals surface area contributed by atoms with Crippen LogP contribution in [0.3, 0.4) is 0 Å². The second kappa shape index (κ2) is 9.09. The first-order valence-electron chi connectivity index (χ1n) is 9.58. The predicted molar refractivity (Wildman–Crippen MR) is 118 cm³/mol. The molecule has 1 heterocycles. The largest absolute Gasteiger partial charge is 0.444 e. The van der Waals surface area contributed by atoms with Gasteiger partial charge in [-0.15, -0.1) is 11.8 Å². The van der Waals surface area contributed by atoms with Crippen LogP contribution in [-0.4, -0.2) is 23.5 Å². The summed E-state index contributed by atoms with van der Waals surface area (Å²) < 4.78 is 5.30. The Hall–Kier alpha value is -3.18. The Kier molecular flexibility index (Phi) is 6.53. The first-order chi connectivity index (χ1) is 14.2. The third-order valence-corrected chi connectivity index (χ3v) is 5.37. The van der Waals surface area contributed by atoms with Crippen molar-refractivity contribution in [2.24, 2.45) is 0 Å². The molecule has 156 valence electrons. The molecule has 0 spiro atoms. The van der Waals surface area contributed by atoms with Gasteiger partial charge in [-0.3, -0.25) is 5.32 Å². The summed E-state index contributed by atoms with van der Waals surface area (Å²) in [5, 5.41) is 17.5. The van der Waals surface area contributed by atoms with E-state index < -0.39 is 11.7 Å². The molecule has 1 aliphatic heterocycles. The summed E-state index contributed by atoms with van der Waals surface area (Å²) in [5.74, 6) is 0.876. The Morgan fingerprint density at radius 2 is 1.90 bits per heavy atom. The van der Waals surface area contributed by atoms with E-state index in [2.05, 4.69) is 22.0 Å². The Labute approximate surface area is 180 Å². The minimum Gasteiger partial charge on any atom is -0.444 e. The lowest BCUT2D eigenvalue weighted by Gasteiger charge is -2.27. The third kappa shape index (κ3) is 5.91. The second-order valence-corrected chi connectivity index (χ2v) is 9.00. The molecule has 1 aliphatic rings. The molecule has 1 atom stereocenters. The van der Waals surface area contributed by atoms with Crippen molar-refractivity contribution >= 4 is 35.3 Å². The molecule has 7 nitrogen and oxygen atoms in total. The van der Waals surface area contributed by atoms with Gasteiger partial charge in [0.15, 0.2) is 0 Å². The van der Waals surface area contributed by atoms with E-state index in [1.54, 1.807) is 56.8 Å². The van der Waals surface area contributed by atoms with Crippen molar-refractivity contribution in [3.63, 3.8) is 0 Å². The smallest absolute Gasteiger partial charge is 0.412 e. The van der Waals surface area contributed by atoms with Crippen LogP contribution in [0.15, 0.2) is 47.4 Å². The molecule has 0 bridgehead atoms. The van der Waals surface area contributed by atoms with Crippen molar-refractivity contribution in [1.29, 1.82) is 5.26 Å². The van der Waals surface area contributed by atoms with E-state index in [9.17, 15) is 9.59 Å². The van der Waals surface area contributed by atoms with Crippen LogP contribution >= 0.6 is 11.8 Å². The fourth-order valence-electron chi connectivity index (χ4n) is 3.04. The summed E-state index contributed by atoms with van der Waals surface area (Å²) in [6.07, 6.45) is 0.240. The first kappa shape index (κ1) is 21.5. The number of hydrogen-bond donors (Lipinski definition) is 3. The molecule has 0 saturated heterocycles. The van der Waals surface area contributed by atoms with Crippen molar-refractivity contribution in [2.75, 3.05) is 16.4 Å². The van der Waals surface area contributed by atoms with Gasteiger partial charge < -0.3 is 15.4 Å². The van der Waals surface area contributed by atoms with E-state index in [1.165, 1.54) is 0 Å². The molecule has 30 heavy (non-hydrogen) atoms. The van der Waals surface area contributed by atoms with Gasteiger partial charge in [0.2, 0.25) is 0 Å². The van der Waals surface area contributed by atoms with E-state index in [4.69, 9.17) is 10.00 Å². The lowest BCUT2D eigenvalue weighted by molar-refractivity contribution is 0.0636. The minimum absolute atomic E-state index is 0.194. The van der Waals surface area contributed by atoms with Gasteiger partial charge in [0.25, 0.3) is 0 Å². The molecule has 3 amide bonds. The maximum absolute atomic E-state index is 12.5.